The Morgan fingerprint density at radius 1 is 1.26 bits per heavy atom. The first kappa shape index (κ1) is 19.5. The van der Waals surface area contributed by atoms with Crippen molar-refractivity contribution in [1.82, 2.24) is 10.6 Å². The Morgan fingerprint density at radius 2 is 2.04 bits per heavy atom. The molecule has 0 aromatic heterocycles. The molecule has 0 spiro atoms. The summed E-state index contributed by atoms with van der Waals surface area (Å²) in [6, 6.07) is 7.37. The maximum absolute atomic E-state index is 12.1. The van der Waals surface area contributed by atoms with Crippen molar-refractivity contribution in [2.24, 2.45) is 0 Å². The van der Waals surface area contributed by atoms with Gasteiger partial charge in [-0.2, -0.15) is 0 Å². The molecule has 1 amide bonds. The van der Waals surface area contributed by atoms with E-state index in [2.05, 4.69) is 23.6 Å². The fourth-order valence-corrected chi connectivity index (χ4v) is 2.37. The lowest BCUT2D eigenvalue weighted by atomic mass is 10.1. The number of carbonyl (C=O) groups is 1. The van der Waals surface area contributed by atoms with Crippen molar-refractivity contribution in [3.8, 4) is 5.75 Å². The third-order valence-electron chi connectivity index (χ3n) is 3.77. The van der Waals surface area contributed by atoms with Gasteiger partial charge in [0.15, 0.2) is 0 Å². The summed E-state index contributed by atoms with van der Waals surface area (Å²) >= 11 is 0. The van der Waals surface area contributed by atoms with Gasteiger partial charge in [-0.25, -0.2) is 0 Å². The number of amides is 1. The highest BCUT2D eigenvalue weighted by atomic mass is 35.5. The molecule has 0 aliphatic carbocycles. The van der Waals surface area contributed by atoms with E-state index >= 15 is 0 Å². The topological polar surface area (TPSA) is 50.4 Å². The molecule has 0 fully saturated rings. The third-order valence-corrected chi connectivity index (χ3v) is 3.77. The zero-order valence-corrected chi connectivity index (χ0v) is 14.6. The lowest BCUT2D eigenvalue weighted by Crippen LogP contribution is -2.29. The highest BCUT2D eigenvalue weighted by Crippen LogP contribution is 2.13. The Hall–Kier alpha value is -1.52. The quantitative estimate of drug-likeness (QED) is 0.564. The van der Waals surface area contributed by atoms with Crippen molar-refractivity contribution in [2.45, 2.75) is 32.6 Å². The van der Waals surface area contributed by atoms with Gasteiger partial charge in [0, 0.05) is 18.7 Å². The minimum absolute atomic E-state index is 0. The van der Waals surface area contributed by atoms with Gasteiger partial charge in [-0.3, -0.25) is 4.79 Å². The van der Waals surface area contributed by atoms with E-state index in [0.717, 1.165) is 38.3 Å². The van der Waals surface area contributed by atoms with E-state index in [1.165, 1.54) is 18.4 Å². The predicted octanol–water partition coefficient (Wildman–Crippen LogP) is 3.33. The molecule has 1 aliphatic rings. The summed E-state index contributed by atoms with van der Waals surface area (Å²) in [6.07, 6.45) is 6.60. The van der Waals surface area contributed by atoms with E-state index in [-0.39, 0.29) is 18.3 Å². The second-order valence-corrected chi connectivity index (χ2v) is 5.58. The molecular formula is C18H27ClN2O2. The molecule has 1 aromatic rings. The van der Waals surface area contributed by atoms with Gasteiger partial charge in [0.25, 0.3) is 5.91 Å². The van der Waals surface area contributed by atoms with E-state index < -0.39 is 0 Å². The minimum Gasteiger partial charge on any atom is -0.494 e. The number of benzene rings is 1. The number of rotatable bonds is 8. The Bertz CT molecular complexity index is 500. The molecule has 0 saturated heterocycles. The van der Waals surface area contributed by atoms with Crippen molar-refractivity contribution < 1.29 is 9.53 Å². The summed E-state index contributed by atoms with van der Waals surface area (Å²) < 4.78 is 5.65. The van der Waals surface area contributed by atoms with Gasteiger partial charge in [0.2, 0.25) is 0 Å². The van der Waals surface area contributed by atoms with Crippen molar-refractivity contribution in [3.63, 3.8) is 0 Å². The van der Waals surface area contributed by atoms with Crippen molar-refractivity contribution in [3.05, 3.63) is 41.5 Å². The van der Waals surface area contributed by atoms with E-state index in [9.17, 15) is 4.79 Å². The highest BCUT2D eigenvalue weighted by molar-refractivity contribution is 5.94. The van der Waals surface area contributed by atoms with Gasteiger partial charge in [0.1, 0.15) is 5.75 Å². The van der Waals surface area contributed by atoms with Crippen molar-refractivity contribution in [2.75, 3.05) is 26.2 Å². The average Bonchev–Trinajstić information content (AvgIpc) is 2.58. The smallest absolute Gasteiger partial charge is 0.251 e. The standard InChI is InChI=1S/C18H26N2O2.ClH/c1-2-3-4-13-22-17-7-5-16(6-8-17)18(21)20-14-15-9-11-19-12-10-15;/h5-9,19H,2-4,10-14H2,1H3,(H,20,21);1H. The molecule has 128 valence electrons. The molecule has 4 nitrogen and oxygen atoms in total. The normalized spacial score (nSPS) is 13.7. The first-order chi connectivity index (χ1) is 10.8. The van der Waals surface area contributed by atoms with Crippen molar-refractivity contribution in [1.29, 1.82) is 0 Å². The van der Waals surface area contributed by atoms with Crippen LogP contribution in [0.4, 0.5) is 0 Å². The van der Waals surface area contributed by atoms with Gasteiger partial charge in [0.05, 0.1) is 6.61 Å². The second-order valence-electron chi connectivity index (χ2n) is 5.58. The zero-order valence-electron chi connectivity index (χ0n) is 13.8. The molecule has 0 unspecified atom stereocenters. The maximum Gasteiger partial charge on any atom is 0.251 e. The first-order valence-electron chi connectivity index (χ1n) is 8.19. The number of halogens is 1. The number of carbonyl (C=O) groups excluding carboxylic acids is 1. The number of unbranched alkanes of at least 4 members (excludes halogenated alkanes) is 2. The number of hydrogen-bond donors (Lipinski definition) is 2. The maximum atomic E-state index is 12.1. The number of nitrogens with one attached hydrogen (secondary N) is 2. The van der Waals surface area contributed by atoms with Gasteiger partial charge in [-0.15, -0.1) is 12.4 Å². The molecule has 2 rings (SSSR count). The molecule has 0 radical (unpaired) electrons. The third kappa shape index (κ3) is 7.06. The molecule has 0 bridgehead atoms. The Kier molecular flexibility index (Phi) is 9.41. The van der Waals surface area contributed by atoms with Crippen LogP contribution in [0, 0.1) is 0 Å². The summed E-state index contributed by atoms with van der Waals surface area (Å²) in [7, 11) is 0. The molecule has 0 atom stereocenters. The molecule has 5 heteroatoms. The van der Waals surface area contributed by atoms with Crippen LogP contribution in [0.3, 0.4) is 0 Å². The SMILES string of the molecule is CCCCCOc1ccc(C(=O)NCC2=CCNCC2)cc1.Cl. The first-order valence-corrected chi connectivity index (χ1v) is 8.19. The summed E-state index contributed by atoms with van der Waals surface area (Å²) in [5.74, 6) is 0.797. The van der Waals surface area contributed by atoms with Crippen LogP contribution in [-0.4, -0.2) is 32.1 Å². The predicted molar refractivity (Wildman–Crippen MR) is 96.6 cm³/mol. The van der Waals surface area contributed by atoms with Crippen molar-refractivity contribution >= 4 is 18.3 Å². The molecule has 2 N–H and O–H groups in total. The summed E-state index contributed by atoms with van der Waals surface area (Å²) in [6.45, 7) is 5.44. The molecule has 23 heavy (non-hydrogen) atoms. The van der Waals surface area contributed by atoms with E-state index in [1.807, 2.05) is 24.3 Å². The van der Waals surface area contributed by atoms with E-state index in [4.69, 9.17) is 4.74 Å². The summed E-state index contributed by atoms with van der Waals surface area (Å²) in [4.78, 5) is 12.1. The Balaban J connectivity index is 0.00000264. The van der Waals surface area contributed by atoms with Gasteiger partial charge in [-0.1, -0.05) is 31.4 Å². The van der Waals surface area contributed by atoms with Crippen LogP contribution in [0.25, 0.3) is 0 Å². The number of hydrogen-bond acceptors (Lipinski definition) is 3. The molecule has 0 saturated carbocycles. The van der Waals surface area contributed by atoms with Gasteiger partial charge >= 0.3 is 0 Å². The Morgan fingerprint density at radius 3 is 2.70 bits per heavy atom. The van der Waals surface area contributed by atoms with E-state index in [1.54, 1.807) is 0 Å². The van der Waals surface area contributed by atoms with Gasteiger partial charge < -0.3 is 15.4 Å². The van der Waals surface area contributed by atoms with Crippen LogP contribution in [0.1, 0.15) is 43.0 Å². The molecule has 1 aromatic carbocycles. The van der Waals surface area contributed by atoms with Crippen LogP contribution in [0.15, 0.2) is 35.9 Å². The fourth-order valence-electron chi connectivity index (χ4n) is 2.37. The monoisotopic (exact) mass is 338 g/mol. The lowest BCUT2D eigenvalue weighted by molar-refractivity contribution is 0.0956. The molecule has 1 aliphatic heterocycles. The largest absolute Gasteiger partial charge is 0.494 e. The molecular weight excluding hydrogens is 312 g/mol. The highest BCUT2D eigenvalue weighted by Gasteiger charge is 2.08. The lowest BCUT2D eigenvalue weighted by Gasteiger charge is -2.14. The summed E-state index contributed by atoms with van der Waals surface area (Å²) in [5, 5.41) is 6.23. The van der Waals surface area contributed by atoms with Gasteiger partial charge in [-0.05, 0) is 43.7 Å². The zero-order chi connectivity index (χ0) is 15.6. The van der Waals surface area contributed by atoms with Crippen LogP contribution in [0.2, 0.25) is 0 Å². The molecule has 1 heterocycles. The van der Waals surface area contributed by atoms with Crippen LogP contribution in [0.5, 0.6) is 5.75 Å². The second kappa shape index (κ2) is 11.1. The van der Waals surface area contributed by atoms with Crippen LogP contribution >= 0.6 is 12.4 Å². The summed E-state index contributed by atoms with van der Waals surface area (Å²) in [5.41, 5.74) is 1.97. The van der Waals surface area contributed by atoms with E-state index in [0.29, 0.717) is 12.1 Å². The number of ether oxygens (including phenoxy) is 1. The average molecular weight is 339 g/mol. The minimum atomic E-state index is -0.0306. The van der Waals surface area contributed by atoms with Crippen LogP contribution in [-0.2, 0) is 0 Å². The Labute approximate surface area is 145 Å². The fraction of sp³-hybridized carbons (Fsp3) is 0.500. The van der Waals surface area contributed by atoms with Crippen LogP contribution < -0.4 is 15.4 Å².